The SMILES string of the molecule is O=C(CNC(=O)C1CCCCC1)OCC(=O)N(Cc1ccc(F)cc1)C1CCCCC1. The summed E-state index contributed by atoms with van der Waals surface area (Å²) in [6.07, 6.45) is 10.1. The molecule has 7 heteroatoms. The predicted octanol–water partition coefficient (Wildman–Crippen LogP) is 3.73. The van der Waals surface area contributed by atoms with E-state index < -0.39 is 5.97 Å². The molecule has 0 aromatic heterocycles. The van der Waals surface area contributed by atoms with Crippen molar-refractivity contribution in [3.8, 4) is 0 Å². The summed E-state index contributed by atoms with van der Waals surface area (Å²) in [4.78, 5) is 38.9. The van der Waals surface area contributed by atoms with Gasteiger partial charge in [0, 0.05) is 18.5 Å². The van der Waals surface area contributed by atoms with Crippen molar-refractivity contribution in [3.05, 3.63) is 35.6 Å². The first kappa shape index (κ1) is 23.2. The molecule has 0 bridgehead atoms. The number of hydrogen-bond donors (Lipinski definition) is 1. The van der Waals surface area contributed by atoms with Crippen molar-refractivity contribution in [1.29, 1.82) is 0 Å². The first-order valence-corrected chi connectivity index (χ1v) is 11.5. The van der Waals surface area contributed by atoms with Gasteiger partial charge in [0.15, 0.2) is 6.61 Å². The number of carbonyl (C=O) groups is 3. The second-order valence-corrected chi connectivity index (χ2v) is 8.65. The van der Waals surface area contributed by atoms with E-state index >= 15 is 0 Å². The van der Waals surface area contributed by atoms with Crippen LogP contribution in [0.1, 0.15) is 69.8 Å². The molecule has 0 radical (unpaired) electrons. The van der Waals surface area contributed by atoms with Crippen LogP contribution in [-0.4, -0.2) is 41.9 Å². The minimum atomic E-state index is -0.608. The highest BCUT2D eigenvalue weighted by Gasteiger charge is 2.27. The molecule has 0 heterocycles. The van der Waals surface area contributed by atoms with Gasteiger partial charge in [-0.2, -0.15) is 0 Å². The lowest BCUT2D eigenvalue weighted by atomic mass is 9.89. The van der Waals surface area contributed by atoms with Crippen LogP contribution in [0.3, 0.4) is 0 Å². The summed E-state index contributed by atoms with van der Waals surface area (Å²) in [5.74, 6) is -1.32. The molecule has 2 aliphatic rings. The van der Waals surface area contributed by atoms with Gasteiger partial charge >= 0.3 is 5.97 Å². The van der Waals surface area contributed by atoms with E-state index in [1.54, 1.807) is 17.0 Å². The third-order valence-electron chi connectivity index (χ3n) is 6.34. The Morgan fingerprint density at radius 3 is 2.19 bits per heavy atom. The minimum absolute atomic E-state index is 0.0271. The third kappa shape index (κ3) is 7.33. The Morgan fingerprint density at radius 1 is 0.935 bits per heavy atom. The number of carbonyl (C=O) groups excluding carboxylic acids is 3. The number of hydrogen-bond acceptors (Lipinski definition) is 4. The number of halogens is 1. The molecule has 0 saturated heterocycles. The molecule has 2 aliphatic carbocycles. The largest absolute Gasteiger partial charge is 0.454 e. The van der Waals surface area contributed by atoms with Crippen molar-refractivity contribution in [2.24, 2.45) is 5.92 Å². The monoisotopic (exact) mass is 432 g/mol. The van der Waals surface area contributed by atoms with E-state index in [4.69, 9.17) is 4.74 Å². The average molecular weight is 433 g/mol. The molecular formula is C24H33FN2O4. The maximum absolute atomic E-state index is 13.2. The smallest absolute Gasteiger partial charge is 0.325 e. The van der Waals surface area contributed by atoms with E-state index in [0.29, 0.717) is 6.54 Å². The number of benzene rings is 1. The average Bonchev–Trinajstić information content (AvgIpc) is 2.81. The molecule has 0 atom stereocenters. The minimum Gasteiger partial charge on any atom is -0.454 e. The highest BCUT2D eigenvalue weighted by Crippen LogP contribution is 2.25. The van der Waals surface area contributed by atoms with Gasteiger partial charge in [-0.1, -0.05) is 50.7 Å². The summed E-state index contributed by atoms with van der Waals surface area (Å²) < 4.78 is 18.4. The van der Waals surface area contributed by atoms with Gasteiger partial charge in [0.25, 0.3) is 5.91 Å². The van der Waals surface area contributed by atoms with Crippen LogP contribution in [-0.2, 0) is 25.7 Å². The maximum Gasteiger partial charge on any atom is 0.325 e. The molecule has 1 N–H and O–H groups in total. The molecular weight excluding hydrogens is 399 g/mol. The van der Waals surface area contributed by atoms with Crippen LogP contribution < -0.4 is 5.32 Å². The van der Waals surface area contributed by atoms with Gasteiger partial charge < -0.3 is 15.0 Å². The van der Waals surface area contributed by atoms with Crippen LogP contribution in [0.4, 0.5) is 4.39 Å². The van der Waals surface area contributed by atoms with E-state index in [1.165, 1.54) is 12.1 Å². The Hall–Kier alpha value is -2.44. The van der Waals surface area contributed by atoms with Gasteiger partial charge in [-0.3, -0.25) is 14.4 Å². The Morgan fingerprint density at radius 2 is 1.55 bits per heavy atom. The van der Waals surface area contributed by atoms with E-state index in [2.05, 4.69) is 5.32 Å². The Kier molecular flexibility index (Phi) is 8.85. The molecule has 1 aromatic rings. The number of esters is 1. The number of amides is 2. The first-order chi connectivity index (χ1) is 15.0. The van der Waals surface area contributed by atoms with Crippen molar-refractivity contribution in [2.75, 3.05) is 13.2 Å². The highest BCUT2D eigenvalue weighted by atomic mass is 19.1. The summed E-state index contributed by atoms with van der Waals surface area (Å²) >= 11 is 0. The zero-order valence-electron chi connectivity index (χ0n) is 18.1. The molecule has 2 saturated carbocycles. The van der Waals surface area contributed by atoms with Crippen molar-refractivity contribution < 1.29 is 23.5 Å². The van der Waals surface area contributed by atoms with Gasteiger partial charge in [0.1, 0.15) is 12.4 Å². The Labute approximate surface area is 183 Å². The molecule has 1 aromatic carbocycles. The molecule has 0 unspecified atom stereocenters. The van der Waals surface area contributed by atoms with Crippen molar-refractivity contribution in [1.82, 2.24) is 10.2 Å². The summed E-state index contributed by atoms with van der Waals surface area (Å²) in [5.41, 5.74) is 0.839. The third-order valence-corrected chi connectivity index (χ3v) is 6.34. The molecule has 0 aliphatic heterocycles. The highest BCUT2D eigenvalue weighted by molar-refractivity contribution is 5.85. The second kappa shape index (κ2) is 11.8. The molecule has 0 spiro atoms. The van der Waals surface area contributed by atoms with Gasteiger partial charge in [-0.15, -0.1) is 0 Å². The van der Waals surface area contributed by atoms with E-state index in [-0.39, 0.29) is 42.7 Å². The Balaban J connectivity index is 1.49. The van der Waals surface area contributed by atoms with Gasteiger partial charge in [0.2, 0.25) is 5.91 Å². The van der Waals surface area contributed by atoms with Crippen LogP contribution in [0.25, 0.3) is 0 Å². The van der Waals surface area contributed by atoms with Crippen LogP contribution in [0.15, 0.2) is 24.3 Å². The fourth-order valence-electron chi connectivity index (χ4n) is 4.54. The number of ether oxygens (including phenoxy) is 1. The fourth-order valence-corrected chi connectivity index (χ4v) is 4.54. The normalized spacial score (nSPS) is 17.7. The number of nitrogens with zero attached hydrogens (tertiary/aromatic N) is 1. The van der Waals surface area contributed by atoms with E-state index in [0.717, 1.165) is 69.8 Å². The predicted molar refractivity (Wildman–Crippen MR) is 114 cm³/mol. The first-order valence-electron chi connectivity index (χ1n) is 11.5. The van der Waals surface area contributed by atoms with Gasteiger partial charge in [-0.25, -0.2) is 4.39 Å². The summed E-state index contributed by atoms with van der Waals surface area (Å²) in [6, 6.07) is 6.20. The zero-order valence-corrected chi connectivity index (χ0v) is 18.1. The lowest BCUT2D eigenvalue weighted by Gasteiger charge is -2.34. The second-order valence-electron chi connectivity index (χ2n) is 8.65. The lowest BCUT2D eigenvalue weighted by Crippen LogP contribution is -2.43. The van der Waals surface area contributed by atoms with Crippen LogP contribution in [0.5, 0.6) is 0 Å². The molecule has 2 fully saturated rings. The van der Waals surface area contributed by atoms with Crippen LogP contribution in [0.2, 0.25) is 0 Å². The van der Waals surface area contributed by atoms with Crippen molar-refractivity contribution in [2.45, 2.75) is 76.8 Å². The lowest BCUT2D eigenvalue weighted by molar-refractivity contribution is -0.153. The number of rotatable bonds is 8. The number of nitrogens with one attached hydrogen (secondary N) is 1. The molecule has 31 heavy (non-hydrogen) atoms. The Bertz CT molecular complexity index is 740. The quantitative estimate of drug-likeness (QED) is 0.635. The standard InChI is InChI=1S/C24H33FN2O4/c25-20-13-11-18(12-14-20)16-27(21-9-5-2-6-10-21)22(28)17-31-23(29)15-26-24(30)19-7-3-1-4-8-19/h11-14,19,21H,1-10,15-17H2,(H,26,30). The van der Waals surface area contributed by atoms with Gasteiger partial charge in [0.05, 0.1) is 0 Å². The summed E-state index contributed by atoms with van der Waals surface area (Å²) in [5, 5.41) is 2.64. The topological polar surface area (TPSA) is 75.7 Å². The van der Waals surface area contributed by atoms with Crippen LogP contribution >= 0.6 is 0 Å². The maximum atomic E-state index is 13.2. The summed E-state index contributed by atoms with van der Waals surface area (Å²) in [7, 11) is 0. The molecule has 6 nitrogen and oxygen atoms in total. The molecule has 2 amide bonds. The van der Waals surface area contributed by atoms with Crippen molar-refractivity contribution in [3.63, 3.8) is 0 Å². The fraction of sp³-hybridized carbons (Fsp3) is 0.625. The van der Waals surface area contributed by atoms with E-state index in [9.17, 15) is 18.8 Å². The molecule has 170 valence electrons. The van der Waals surface area contributed by atoms with Crippen LogP contribution in [0, 0.1) is 11.7 Å². The van der Waals surface area contributed by atoms with Gasteiger partial charge in [-0.05, 0) is 43.4 Å². The molecule has 3 rings (SSSR count). The van der Waals surface area contributed by atoms with Crippen molar-refractivity contribution >= 4 is 17.8 Å². The zero-order chi connectivity index (χ0) is 22.1. The van der Waals surface area contributed by atoms with E-state index in [1.807, 2.05) is 0 Å². The summed E-state index contributed by atoms with van der Waals surface area (Å²) in [6.45, 7) is -0.209.